The number of fused-ring (bicyclic) bond motifs is 16. The summed E-state index contributed by atoms with van der Waals surface area (Å²) in [6.07, 6.45) is 0. The highest BCUT2D eigenvalue weighted by atomic mass is 16.5. The molecular formula is C79H50N2O2. The van der Waals surface area contributed by atoms with E-state index in [0.717, 1.165) is 111 Å². The van der Waals surface area contributed by atoms with Gasteiger partial charge in [-0.1, -0.05) is 218 Å². The molecule has 0 fully saturated rings. The summed E-state index contributed by atoms with van der Waals surface area (Å²) in [4.78, 5) is 4.82. The highest BCUT2D eigenvalue weighted by molar-refractivity contribution is 6.29. The number of ether oxygens (including phenoxy) is 1. The molecule has 388 valence electrons. The quantitative estimate of drug-likeness (QED) is 0.142. The molecule has 0 saturated heterocycles. The molecule has 0 N–H and O–H groups in total. The number of nitrogens with zero attached hydrogens (tertiary/aromatic N) is 2. The number of furan rings is 1. The summed E-state index contributed by atoms with van der Waals surface area (Å²) in [7, 11) is 0. The number of anilines is 6. The van der Waals surface area contributed by atoms with Gasteiger partial charge in [0.1, 0.15) is 17.9 Å². The van der Waals surface area contributed by atoms with Gasteiger partial charge >= 0.3 is 0 Å². The first-order chi connectivity index (χ1) is 41.2. The van der Waals surface area contributed by atoms with Crippen LogP contribution in [-0.2, 0) is 6.61 Å². The molecule has 17 rings (SSSR count). The monoisotopic (exact) mass is 1060 g/mol. The summed E-state index contributed by atoms with van der Waals surface area (Å²) in [6.45, 7) is 0.492. The van der Waals surface area contributed by atoms with Crippen LogP contribution in [0.25, 0.3) is 120 Å². The van der Waals surface area contributed by atoms with Gasteiger partial charge in [-0.3, -0.25) is 0 Å². The van der Waals surface area contributed by atoms with Crippen molar-refractivity contribution < 1.29 is 9.15 Å². The number of rotatable bonds is 8. The van der Waals surface area contributed by atoms with Gasteiger partial charge in [-0.2, -0.15) is 0 Å². The molecule has 0 saturated carbocycles. The second-order valence-electron chi connectivity index (χ2n) is 21.9. The van der Waals surface area contributed by atoms with Crippen LogP contribution >= 0.6 is 0 Å². The van der Waals surface area contributed by atoms with Crippen molar-refractivity contribution in [1.29, 1.82) is 0 Å². The molecule has 1 aliphatic rings. The topological polar surface area (TPSA) is 28.9 Å². The van der Waals surface area contributed by atoms with Crippen LogP contribution in [0.15, 0.2) is 296 Å². The van der Waals surface area contributed by atoms with Crippen LogP contribution in [0.4, 0.5) is 34.1 Å². The maximum atomic E-state index is 7.05. The summed E-state index contributed by atoms with van der Waals surface area (Å²) < 4.78 is 13.9. The molecule has 0 radical (unpaired) electrons. The zero-order valence-electron chi connectivity index (χ0n) is 45.1. The van der Waals surface area contributed by atoms with Crippen LogP contribution in [0.2, 0.25) is 0 Å². The lowest BCUT2D eigenvalue weighted by atomic mass is 9.87. The molecule has 0 bridgehead atoms. The molecule has 83 heavy (non-hydrogen) atoms. The zero-order chi connectivity index (χ0) is 54.5. The largest absolute Gasteiger partial charge is 0.488 e. The molecule has 2 heterocycles. The molecule has 0 atom stereocenters. The van der Waals surface area contributed by atoms with Crippen LogP contribution in [-0.4, -0.2) is 0 Å². The molecule has 4 heteroatoms. The van der Waals surface area contributed by atoms with Gasteiger partial charge in [-0.25, -0.2) is 0 Å². The van der Waals surface area contributed by atoms with E-state index >= 15 is 0 Å². The van der Waals surface area contributed by atoms with Gasteiger partial charge in [-0.15, -0.1) is 0 Å². The molecule has 1 aromatic heterocycles. The lowest BCUT2D eigenvalue weighted by Crippen LogP contribution is -2.13. The summed E-state index contributed by atoms with van der Waals surface area (Å²) in [5, 5.41) is 16.3. The van der Waals surface area contributed by atoms with Gasteiger partial charge in [0.2, 0.25) is 0 Å². The minimum absolute atomic E-state index is 0.492. The Morgan fingerprint density at radius 2 is 0.831 bits per heavy atom. The van der Waals surface area contributed by atoms with Crippen LogP contribution in [0, 0.1) is 0 Å². The second-order valence-corrected chi connectivity index (χ2v) is 21.9. The molecule has 16 aromatic rings. The van der Waals surface area contributed by atoms with Gasteiger partial charge in [0.05, 0.1) is 17.1 Å². The first kappa shape index (κ1) is 46.9. The average molecular weight is 1060 g/mol. The summed E-state index contributed by atoms with van der Waals surface area (Å²) in [5.41, 5.74) is 16.1. The van der Waals surface area contributed by atoms with Gasteiger partial charge in [0.15, 0.2) is 5.58 Å². The minimum atomic E-state index is 0.492. The van der Waals surface area contributed by atoms with E-state index in [4.69, 9.17) is 9.15 Å². The first-order valence-corrected chi connectivity index (χ1v) is 28.5. The summed E-state index contributed by atoms with van der Waals surface area (Å²) >= 11 is 0. The first-order valence-electron chi connectivity index (χ1n) is 28.5. The van der Waals surface area contributed by atoms with Crippen molar-refractivity contribution in [3.8, 4) is 39.1 Å². The number of hydrogen-bond acceptors (Lipinski definition) is 4. The van der Waals surface area contributed by atoms with Gasteiger partial charge in [0, 0.05) is 55.8 Å². The number of para-hydroxylation sites is 1. The van der Waals surface area contributed by atoms with E-state index in [1.165, 1.54) is 54.4 Å². The Balaban J connectivity index is 0.863. The molecule has 0 unspecified atom stereocenters. The maximum absolute atomic E-state index is 7.05. The Bertz CT molecular complexity index is 5260. The van der Waals surface area contributed by atoms with Crippen molar-refractivity contribution in [1.82, 2.24) is 0 Å². The Kier molecular flexibility index (Phi) is 10.7. The molecule has 0 spiro atoms. The molecule has 0 amide bonds. The Morgan fingerprint density at radius 3 is 1.57 bits per heavy atom. The maximum Gasteiger partial charge on any atom is 0.160 e. The molecule has 1 aliphatic heterocycles. The van der Waals surface area contributed by atoms with Gasteiger partial charge in [-0.05, 0) is 148 Å². The normalized spacial score (nSPS) is 12.1. The van der Waals surface area contributed by atoms with E-state index in [1.807, 2.05) is 0 Å². The standard InChI is InChI=1S/C79H50N2O2/c1-3-17-50(18-4-1)51-33-38-61(39-34-51)81(71-48-74-77(67-30-16-15-29-66(67)71)75-58(49-82-74)32-31-52-19-9-12-26-63(52)75)70-43-42-62(68-45-55-21-7-8-22-56(55)46-69(68)70)54-35-40-60(41-36-54)80(59-24-5-2-6-25-59)72-47-57-23-11-14-28-65(57)78-76-64-27-13-10-20-53(64)37-44-73(76)83-79(72)78/h1-48H,49H2. The lowest BCUT2D eigenvalue weighted by Gasteiger charge is -2.32. The van der Waals surface area contributed by atoms with Crippen LogP contribution in [0.3, 0.4) is 0 Å². The van der Waals surface area contributed by atoms with Crippen molar-refractivity contribution >= 4 is 121 Å². The van der Waals surface area contributed by atoms with Crippen LogP contribution in [0.1, 0.15) is 5.56 Å². The highest BCUT2D eigenvalue weighted by Crippen LogP contribution is 2.53. The SMILES string of the molecule is c1ccc(-c2ccc(N(c3ccc(-c4ccc(N(c5ccccc5)c5cc6ccccc6c6c5oc5ccc7ccccc7c56)cc4)c4cc5ccccc5cc34)c3cc4c(c5ccccc35)-c3c(ccc5ccccc35)CO4)cc2)cc1. The van der Waals surface area contributed by atoms with Crippen molar-refractivity contribution in [2.75, 3.05) is 9.80 Å². The highest BCUT2D eigenvalue weighted by Gasteiger charge is 2.29. The van der Waals surface area contributed by atoms with Gasteiger partial charge in [0.25, 0.3) is 0 Å². The van der Waals surface area contributed by atoms with Crippen molar-refractivity contribution in [2.24, 2.45) is 0 Å². The Hall–Kier alpha value is -10.9. The van der Waals surface area contributed by atoms with Crippen LogP contribution in [0.5, 0.6) is 5.75 Å². The lowest BCUT2D eigenvalue weighted by molar-refractivity contribution is 0.303. The van der Waals surface area contributed by atoms with E-state index in [9.17, 15) is 0 Å². The number of hydrogen-bond donors (Lipinski definition) is 0. The van der Waals surface area contributed by atoms with E-state index in [-0.39, 0.29) is 0 Å². The third-order valence-electron chi connectivity index (χ3n) is 17.2. The number of benzene rings is 15. The van der Waals surface area contributed by atoms with Gasteiger partial charge < -0.3 is 19.0 Å². The summed E-state index contributed by atoms with van der Waals surface area (Å²) in [6, 6.07) is 106. The average Bonchev–Trinajstić information content (AvgIpc) is 2.29. The molecule has 15 aromatic carbocycles. The smallest absolute Gasteiger partial charge is 0.160 e. The van der Waals surface area contributed by atoms with Crippen molar-refractivity contribution in [3.63, 3.8) is 0 Å². The zero-order valence-corrected chi connectivity index (χ0v) is 45.1. The predicted molar refractivity (Wildman–Crippen MR) is 349 cm³/mol. The van der Waals surface area contributed by atoms with E-state index in [2.05, 4.69) is 301 Å². The second kappa shape index (κ2) is 18.8. The summed E-state index contributed by atoms with van der Waals surface area (Å²) in [5.74, 6) is 0.878. The third kappa shape index (κ3) is 7.54. The van der Waals surface area contributed by atoms with E-state index in [0.29, 0.717) is 6.61 Å². The molecule has 0 aliphatic carbocycles. The fraction of sp³-hybridized carbons (Fsp3) is 0.0127. The fourth-order valence-corrected chi connectivity index (χ4v) is 13.4. The third-order valence-corrected chi connectivity index (χ3v) is 17.2. The Labute approximate surface area is 479 Å². The predicted octanol–water partition coefficient (Wildman–Crippen LogP) is 22.3. The van der Waals surface area contributed by atoms with E-state index < -0.39 is 0 Å². The molecule has 4 nitrogen and oxygen atoms in total. The van der Waals surface area contributed by atoms with Crippen molar-refractivity contribution in [3.05, 3.63) is 297 Å². The van der Waals surface area contributed by atoms with E-state index in [1.54, 1.807) is 0 Å². The minimum Gasteiger partial charge on any atom is -0.488 e. The fourth-order valence-electron chi connectivity index (χ4n) is 13.4. The van der Waals surface area contributed by atoms with Crippen LogP contribution < -0.4 is 14.5 Å². The van der Waals surface area contributed by atoms with Crippen molar-refractivity contribution in [2.45, 2.75) is 6.61 Å². The Morgan fingerprint density at radius 1 is 0.289 bits per heavy atom. The molecular weight excluding hydrogens is 1010 g/mol.